The Balaban J connectivity index is 1.45. The third-order valence-corrected chi connectivity index (χ3v) is 6.71. The van der Waals surface area contributed by atoms with Gasteiger partial charge in [0.15, 0.2) is 16.6 Å². The maximum Gasteiger partial charge on any atom is 0.231 e. The number of thiocarbonyl (C=S) groups is 1. The van der Waals surface area contributed by atoms with Crippen LogP contribution in [0.25, 0.3) is 11.3 Å². The quantitative estimate of drug-likeness (QED) is 0.312. The molecule has 1 fully saturated rings. The molecule has 2 aromatic heterocycles. The van der Waals surface area contributed by atoms with Crippen LogP contribution in [0, 0.1) is 0 Å². The summed E-state index contributed by atoms with van der Waals surface area (Å²) in [6.45, 7) is 0.199. The number of rotatable bonds is 4. The molecule has 0 unspecified atom stereocenters. The first-order valence-electron chi connectivity index (χ1n) is 10.5. The van der Waals surface area contributed by atoms with Crippen molar-refractivity contribution in [2.75, 3.05) is 11.7 Å². The average Bonchev–Trinajstić information content (AvgIpc) is 3.57. The highest BCUT2D eigenvalue weighted by Gasteiger charge is 2.43. The molecule has 6 rings (SSSR count). The molecule has 4 aromatic rings. The first kappa shape index (κ1) is 21.3. The van der Waals surface area contributed by atoms with E-state index in [0.717, 1.165) is 16.9 Å². The van der Waals surface area contributed by atoms with Gasteiger partial charge in [0.2, 0.25) is 6.79 Å². The number of aromatic nitrogens is 1. The van der Waals surface area contributed by atoms with Gasteiger partial charge in [0.25, 0.3) is 0 Å². The van der Waals surface area contributed by atoms with E-state index < -0.39 is 0 Å². The number of anilines is 1. The van der Waals surface area contributed by atoms with Crippen LogP contribution in [0.5, 0.6) is 11.5 Å². The summed E-state index contributed by atoms with van der Waals surface area (Å²) in [7, 11) is 0. The van der Waals surface area contributed by atoms with Gasteiger partial charge in [-0.25, -0.2) is 0 Å². The zero-order chi connectivity index (χ0) is 23.2. The standard InChI is InChI=1S/C25H17Cl2N3O3S/c26-14-4-6-16(17(27)11-14)19-8-9-21(33-19)24-23(18-3-1-2-10-28-18)29-25(34)30(24)15-5-7-20-22(12-15)32-13-31-20/h1-12,23-24H,13H2,(H,29,34)/t23-,24-/m1/s1. The SMILES string of the molecule is S=C1N[C@H](c2ccccn2)[C@@H](c2ccc(-c3ccc(Cl)cc3Cl)o2)N1c1ccc2c(c1)OCO2. The average molecular weight is 510 g/mol. The van der Waals surface area contributed by atoms with Gasteiger partial charge in [-0.1, -0.05) is 29.3 Å². The molecule has 0 bridgehead atoms. The molecule has 0 radical (unpaired) electrons. The summed E-state index contributed by atoms with van der Waals surface area (Å²) in [4.78, 5) is 6.59. The Morgan fingerprint density at radius 2 is 1.85 bits per heavy atom. The third-order valence-electron chi connectivity index (χ3n) is 5.85. The minimum atomic E-state index is -0.303. The third kappa shape index (κ3) is 3.66. The van der Waals surface area contributed by atoms with E-state index in [1.807, 2.05) is 59.5 Å². The Morgan fingerprint density at radius 1 is 0.971 bits per heavy atom. The van der Waals surface area contributed by atoms with Crippen molar-refractivity contribution in [2.45, 2.75) is 12.1 Å². The van der Waals surface area contributed by atoms with Crippen LogP contribution < -0.4 is 19.7 Å². The molecule has 2 atom stereocenters. The van der Waals surface area contributed by atoms with E-state index in [2.05, 4.69) is 10.3 Å². The minimum Gasteiger partial charge on any atom is -0.459 e. The van der Waals surface area contributed by atoms with Crippen LogP contribution in [0.4, 0.5) is 5.69 Å². The molecule has 0 saturated carbocycles. The van der Waals surface area contributed by atoms with E-state index in [-0.39, 0.29) is 18.9 Å². The van der Waals surface area contributed by atoms with E-state index in [0.29, 0.717) is 38.2 Å². The first-order valence-corrected chi connectivity index (χ1v) is 11.7. The van der Waals surface area contributed by atoms with Crippen LogP contribution >= 0.6 is 35.4 Å². The molecule has 4 heterocycles. The van der Waals surface area contributed by atoms with Crippen molar-refractivity contribution < 1.29 is 13.9 Å². The van der Waals surface area contributed by atoms with Crippen molar-refractivity contribution in [2.24, 2.45) is 0 Å². The predicted octanol–water partition coefficient (Wildman–Crippen LogP) is 6.55. The monoisotopic (exact) mass is 509 g/mol. The summed E-state index contributed by atoms with van der Waals surface area (Å²) in [6.07, 6.45) is 1.77. The van der Waals surface area contributed by atoms with E-state index in [4.69, 9.17) is 49.3 Å². The van der Waals surface area contributed by atoms with Crippen molar-refractivity contribution in [3.8, 4) is 22.8 Å². The zero-order valence-electron chi connectivity index (χ0n) is 17.6. The van der Waals surface area contributed by atoms with Crippen molar-refractivity contribution in [3.05, 3.63) is 94.4 Å². The van der Waals surface area contributed by atoms with Gasteiger partial charge in [0.1, 0.15) is 17.6 Å². The molecule has 0 amide bonds. The fourth-order valence-electron chi connectivity index (χ4n) is 4.30. The predicted molar refractivity (Wildman–Crippen MR) is 135 cm³/mol. The molecule has 0 aliphatic carbocycles. The van der Waals surface area contributed by atoms with Crippen LogP contribution in [0.15, 0.2) is 77.3 Å². The largest absolute Gasteiger partial charge is 0.459 e. The number of hydrogen-bond donors (Lipinski definition) is 1. The second-order valence-electron chi connectivity index (χ2n) is 7.86. The lowest BCUT2D eigenvalue weighted by atomic mass is 10.0. The normalized spacial score (nSPS) is 18.9. The summed E-state index contributed by atoms with van der Waals surface area (Å²) >= 11 is 18.3. The second kappa shape index (κ2) is 8.51. The van der Waals surface area contributed by atoms with Crippen LogP contribution in [0.1, 0.15) is 23.5 Å². The minimum absolute atomic E-state index is 0.199. The summed E-state index contributed by atoms with van der Waals surface area (Å²) in [5, 5.41) is 5.06. The van der Waals surface area contributed by atoms with Crippen LogP contribution in [0.3, 0.4) is 0 Å². The highest BCUT2D eigenvalue weighted by atomic mass is 35.5. The van der Waals surface area contributed by atoms with Gasteiger partial charge in [0, 0.05) is 28.5 Å². The van der Waals surface area contributed by atoms with E-state index >= 15 is 0 Å². The number of fused-ring (bicyclic) bond motifs is 1. The molecule has 0 spiro atoms. The molecule has 34 heavy (non-hydrogen) atoms. The molecular weight excluding hydrogens is 493 g/mol. The highest BCUT2D eigenvalue weighted by molar-refractivity contribution is 7.80. The van der Waals surface area contributed by atoms with Crippen molar-refractivity contribution in [1.82, 2.24) is 10.3 Å². The van der Waals surface area contributed by atoms with Gasteiger partial charge >= 0.3 is 0 Å². The Bertz CT molecular complexity index is 1400. The summed E-state index contributed by atoms with van der Waals surface area (Å²) < 4.78 is 17.4. The van der Waals surface area contributed by atoms with Gasteiger partial charge in [-0.15, -0.1) is 0 Å². The van der Waals surface area contributed by atoms with E-state index in [1.165, 1.54) is 0 Å². The van der Waals surface area contributed by atoms with Gasteiger partial charge in [-0.2, -0.15) is 0 Å². The number of hydrogen-bond acceptors (Lipinski definition) is 5. The fourth-order valence-corrected chi connectivity index (χ4v) is 5.15. The Morgan fingerprint density at radius 3 is 2.68 bits per heavy atom. The maximum atomic E-state index is 6.44. The van der Waals surface area contributed by atoms with Gasteiger partial charge in [-0.3, -0.25) is 4.98 Å². The van der Waals surface area contributed by atoms with Gasteiger partial charge in [-0.05, 0) is 66.8 Å². The molecule has 2 aromatic carbocycles. The molecule has 1 N–H and O–H groups in total. The molecule has 1 saturated heterocycles. The Kier molecular flexibility index (Phi) is 5.32. The number of ether oxygens (including phenoxy) is 2. The number of nitrogens with one attached hydrogen (secondary N) is 1. The first-order chi connectivity index (χ1) is 16.6. The maximum absolute atomic E-state index is 6.44. The van der Waals surface area contributed by atoms with Crippen LogP contribution in [-0.4, -0.2) is 16.9 Å². The zero-order valence-corrected chi connectivity index (χ0v) is 19.9. The van der Waals surface area contributed by atoms with Gasteiger partial charge < -0.3 is 24.1 Å². The number of pyridine rings is 1. The number of nitrogens with zero attached hydrogens (tertiary/aromatic N) is 2. The van der Waals surface area contributed by atoms with Crippen molar-refractivity contribution >= 4 is 46.2 Å². The molecular formula is C25H17Cl2N3O3S. The molecule has 6 nitrogen and oxygen atoms in total. The molecule has 2 aliphatic rings. The summed E-state index contributed by atoms with van der Waals surface area (Å²) in [5.41, 5.74) is 2.46. The van der Waals surface area contributed by atoms with Crippen molar-refractivity contribution in [3.63, 3.8) is 0 Å². The van der Waals surface area contributed by atoms with Crippen LogP contribution in [-0.2, 0) is 0 Å². The molecule has 9 heteroatoms. The topological polar surface area (TPSA) is 59.8 Å². The lowest BCUT2D eigenvalue weighted by molar-refractivity contribution is 0.174. The van der Waals surface area contributed by atoms with E-state index in [9.17, 15) is 0 Å². The Labute approximate surface area is 211 Å². The summed E-state index contributed by atoms with van der Waals surface area (Å²) in [6, 6.07) is 20.2. The van der Waals surface area contributed by atoms with Gasteiger partial charge in [0.05, 0.1) is 16.8 Å². The molecule has 2 aliphatic heterocycles. The second-order valence-corrected chi connectivity index (χ2v) is 9.09. The number of halogens is 2. The summed E-state index contributed by atoms with van der Waals surface area (Å²) in [5.74, 6) is 2.73. The molecule has 170 valence electrons. The number of benzene rings is 2. The number of furan rings is 1. The lowest BCUT2D eigenvalue weighted by Gasteiger charge is -2.26. The Hall–Kier alpha value is -3.26. The smallest absolute Gasteiger partial charge is 0.231 e. The van der Waals surface area contributed by atoms with E-state index in [1.54, 1.807) is 18.3 Å². The lowest BCUT2D eigenvalue weighted by Crippen LogP contribution is -2.29. The van der Waals surface area contributed by atoms with Crippen molar-refractivity contribution in [1.29, 1.82) is 0 Å². The van der Waals surface area contributed by atoms with Crippen LogP contribution in [0.2, 0.25) is 10.0 Å². The highest BCUT2D eigenvalue weighted by Crippen LogP contribution is 2.45. The fraction of sp³-hybridized carbons (Fsp3) is 0.120.